The molecule has 1 heteroatoms. The van der Waals surface area contributed by atoms with Crippen LogP contribution in [0.4, 0.5) is 0 Å². The molecule has 16 heavy (non-hydrogen) atoms. The van der Waals surface area contributed by atoms with E-state index in [1.54, 1.807) is 12.1 Å². The third kappa shape index (κ3) is 2.51. The van der Waals surface area contributed by atoms with Gasteiger partial charge in [0.2, 0.25) is 0 Å². The summed E-state index contributed by atoms with van der Waals surface area (Å²) in [7, 11) is 0. The molecule has 1 N–H and O–H groups in total. The van der Waals surface area contributed by atoms with Crippen molar-refractivity contribution in [2.45, 2.75) is 6.92 Å². The molecule has 0 bridgehead atoms. The summed E-state index contributed by atoms with van der Waals surface area (Å²) >= 11 is 0. The van der Waals surface area contributed by atoms with Crippen LogP contribution in [0.2, 0.25) is 0 Å². The lowest BCUT2D eigenvalue weighted by molar-refractivity contribution is 0.475. The van der Waals surface area contributed by atoms with Crippen LogP contribution in [0.1, 0.15) is 16.7 Å². The Morgan fingerprint density at radius 1 is 0.875 bits per heavy atom. The van der Waals surface area contributed by atoms with Gasteiger partial charge in [-0.15, -0.1) is 0 Å². The Labute approximate surface area is 95.7 Å². The lowest BCUT2D eigenvalue weighted by Gasteiger charge is -1.99. The molecule has 0 aliphatic rings. The normalized spacial score (nSPS) is 10.8. The van der Waals surface area contributed by atoms with E-state index in [0.29, 0.717) is 5.75 Å². The van der Waals surface area contributed by atoms with E-state index in [1.807, 2.05) is 30.3 Å². The van der Waals surface area contributed by atoms with Crippen molar-refractivity contribution in [2.24, 2.45) is 0 Å². The average Bonchev–Trinajstić information content (AvgIpc) is 2.30. The topological polar surface area (TPSA) is 20.2 Å². The van der Waals surface area contributed by atoms with E-state index in [4.69, 9.17) is 5.11 Å². The first kappa shape index (κ1) is 10.5. The summed E-state index contributed by atoms with van der Waals surface area (Å²) in [4.78, 5) is 0. The van der Waals surface area contributed by atoms with E-state index in [1.165, 1.54) is 11.1 Å². The number of rotatable bonds is 2. The van der Waals surface area contributed by atoms with Gasteiger partial charge in [-0.25, -0.2) is 0 Å². The fourth-order valence-corrected chi connectivity index (χ4v) is 1.55. The molecule has 0 unspecified atom stereocenters. The number of benzene rings is 2. The van der Waals surface area contributed by atoms with Gasteiger partial charge in [0, 0.05) is 0 Å². The second-order valence-corrected chi connectivity index (χ2v) is 3.78. The highest BCUT2D eigenvalue weighted by molar-refractivity contribution is 5.71. The van der Waals surface area contributed by atoms with Crippen LogP contribution in [0.25, 0.3) is 12.2 Å². The van der Waals surface area contributed by atoms with Crippen molar-refractivity contribution in [3.8, 4) is 5.75 Å². The van der Waals surface area contributed by atoms with E-state index in [2.05, 4.69) is 25.1 Å². The monoisotopic (exact) mass is 210 g/mol. The molecule has 0 amide bonds. The number of aromatic hydroxyl groups is 1. The van der Waals surface area contributed by atoms with Crippen molar-refractivity contribution in [1.29, 1.82) is 0 Å². The summed E-state index contributed by atoms with van der Waals surface area (Å²) < 4.78 is 0. The van der Waals surface area contributed by atoms with E-state index < -0.39 is 0 Å². The van der Waals surface area contributed by atoms with Gasteiger partial charge in [-0.3, -0.25) is 0 Å². The standard InChI is InChI=1S/C15H14O/c1-12-4-2-3-5-14(12)9-6-13-7-10-15(16)11-8-13/h2-11,16H,1H3/b9-6+. The van der Waals surface area contributed by atoms with Crippen LogP contribution >= 0.6 is 0 Å². The first-order valence-corrected chi connectivity index (χ1v) is 5.28. The van der Waals surface area contributed by atoms with E-state index >= 15 is 0 Å². The second kappa shape index (κ2) is 4.67. The molecule has 0 atom stereocenters. The first-order valence-electron chi connectivity index (χ1n) is 5.28. The van der Waals surface area contributed by atoms with Crippen LogP contribution in [0, 0.1) is 6.92 Å². The molecule has 2 aromatic rings. The van der Waals surface area contributed by atoms with Gasteiger partial charge in [0.05, 0.1) is 0 Å². The van der Waals surface area contributed by atoms with Crippen LogP contribution in [0.3, 0.4) is 0 Å². The third-order valence-corrected chi connectivity index (χ3v) is 2.54. The minimum Gasteiger partial charge on any atom is -0.508 e. The van der Waals surface area contributed by atoms with Crippen LogP contribution in [0.5, 0.6) is 5.75 Å². The van der Waals surface area contributed by atoms with E-state index in [9.17, 15) is 0 Å². The highest BCUT2D eigenvalue weighted by atomic mass is 16.3. The number of phenolic OH excluding ortho intramolecular Hbond substituents is 1. The van der Waals surface area contributed by atoms with Gasteiger partial charge in [-0.05, 0) is 35.7 Å². The van der Waals surface area contributed by atoms with Gasteiger partial charge in [0.1, 0.15) is 5.75 Å². The molecular formula is C15H14O. The van der Waals surface area contributed by atoms with Crippen LogP contribution < -0.4 is 0 Å². The van der Waals surface area contributed by atoms with Gasteiger partial charge >= 0.3 is 0 Å². The summed E-state index contributed by atoms with van der Waals surface area (Å²) in [5, 5.41) is 9.16. The maximum absolute atomic E-state index is 9.16. The molecule has 1 nitrogen and oxygen atoms in total. The fourth-order valence-electron chi connectivity index (χ4n) is 1.55. The summed E-state index contributed by atoms with van der Waals surface area (Å²) in [6, 6.07) is 15.4. The van der Waals surface area contributed by atoms with Crippen LogP contribution in [-0.2, 0) is 0 Å². The molecule has 2 rings (SSSR count). The number of aryl methyl sites for hydroxylation is 1. The van der Waals surface area contributed by atoms with Gasteiger partial charge in [0.15, 0.2) is 0 Å². The molecule has 0 heterocycles. The highest BCUT2D eigenvalue weighted by Crippen LogP contribution is 2.14. The molecule has 0 aromatic heterocycles. The predicted molar refractivity (Wildman–Crippen MR) is 68.2 cm³/mol. The molecule has 0 aliphatic heterocycles. The molecular weight excluding hydrogens is 196 g/mol. The fraction of sp³-hybridized carbons (Fsp3) is 0.0667. The van der Waals surface area contributed by atoms with Gasteiger partial charge in [-0.1, -0.05) is 48.6 Å². The maximum Gasteiger partial charge on any atom is 0.115 e. The van der Waals surface area contributed by atoms with Crippen molar-refractivity contribution < 1.29 is 5.11 Å². The van der Waals surface area contributed by atoms with Crippen molar-refractivity contribution in [2.75, 3.05) is 0 Å². The summed E-state index contributed by atoms with van der Waals surface area (Å²) in [5.41, 5.74) is 3.56. The number of hydrogen-bond acceptors (Lipinski definition) is 1. The smallest absolute Gasteiger partial charge is 0.115 e. The minimum absolute atomic E-state index is 0.299. The first-order chi connectivity index (χ1) is 7.75. The van der Waals surface area contributed by atoms with E-state index in [0.717, 1.165) is 5.56 Å². The molecule has 0 aliphatic carbocycles. The lowest BCUT2D eigenvalue weighted by atomic mass is 10.1. The molecule has 0 spiro atoms. The zero-order valence-electron chi connectivity index (χ0n) is 9.22. The molecule has 2 aromatic carbocycles. The third-order valence-electron chi connectivity index (χ3n) is 2.54. The Morgan fingerprint density at radius 3 is 2.25 bits per heavy atom. The zero-order valence-corrected chi connectivity index (χ0v) is 9.22. The van der Waals surface area contributed by atoms with Crippen molar-refractivity contribution in [3.63, 3.8) is 0 Å². The Balaban J connectivity index is 2.21. The molecule has 0 saturated carbocycles. The molecule has 0 fully saturated rings. The Morgan fingerprint density at radius 2 is 1.56 bits per heavy atom. The number of hydrogen-bond donors (Lipinski definition) is 1. The SMILES string of the molecule is Cc1ccccc1/C=C/c1ccc(O)cc1. The van der Waals surface area contributed by atoms with E-state index in [-0.39, 0.29) is 0 Å². The molecule has 0 saturated heterocycles. The largest absolute Gasteiger partial charge is 0.508 e. The van der Waals surface area contributed by atoms with Gasteiger partial charge in [-0.2, -0.15) is 0 Å². The lowest BCUT2D eigenvalue weighted by Crippen LogP contribution is -1.78. The Bertz CT molecular complexity index is 495. The summed E-state index contributed by atoms with van der Waals surface area (Å²) in [6.45, 7) is 2.09. The summed E-state index contributed by atoms with van der Waals surface area (Å²) in [5.74, 6) is 0.299. The maximum atomic E-state index is 9.16. The molecule has 80 valence electrons. The highest BCUT2D eigenvalue weighted by Gasteiger charge is 1.92. The van der Waals surface area contributed by atoms with Crippen molar-refractivity contribution in [1.82, 2.24) is 0 Å². The zero-order chi connectivity index (χ0) is 11.4. The molecule has 0 radical (unpaired) electrons. The van der Waals surface area contributed by atoms with Crippen LogP contribution in [-0.4, -0.2) is 5.11 Å². The summed E-state index contributed by atoms with van der Waals surface area (Å²) in [6.07, 6.45) is 4.13. The average molecular weight is 210 g/mol. The minimum atomic E-state index is 0.299. The Hall–Kier alpha value is -2.02. The second-order valence-electron chi connectivity index (χ2n) is 3.78. The predicted octanol–water partition coefficient (Wildman–Crippen LogP) is 3.87. The van der Waals surface area contributed by atoms with Gasteiger partial charge in [0.25, 0.3) is 0 Å². The quantitative estimate of drug-likeness (QED) is 0.746. The van der Waals surface area contributed by atoms with Crippen molar-refractivity contribution in [3.05, 3.63) is 65.2 Å². The van der Waals surface area contributed by atoms with Crippen LogP contribution in [0.15, 0.2) is 48.5 Å². The van der Waals surface area contributed by atoms with Crippen molar-refractivity contribution >= 4 is 12.2 Å². The van der Waals surface area contributed by atoms with Gasteiger partial charge < -0.3 is 5.11 Å². The Kier molecular flexibility index (Phi) is 3.06. The number of phenols is 1.